The Kier molecular flexibility index (Phi) is 25.6. The van der Waals surface area contributed by atoms with Crippen molar-refractivity contribution >= 4 is 5.91 Å². The summed E-state index contributed by atoms with van der Waals surface area (Å²) in [5.74, 6) is -0.267. The van der Waals surface area contributed by atoms with Crippen LogP contribution in [0.5, 0.6) is 0 Å². The van der Waals surface area contributed by atoms with Crippen LogP contribution in [-0.2, 0) is 23.7 Å². The SMILES string of the molecule is CCCC/C=C/CC/C=C/C(O)C(COC1OC(CO)C(OC2OC(CO)C(O)C(O)C2O)C(O)C1O)NC(=O)CCCCCCC/C=C\CCCCC. The van der Waals surface area contributed by atoms with Crippen LogP contribution in [0.15, 0.2) is 36.5 Å². The fraction of sp³-hybridized carbons (Fsp3) is 0.825. The largest absolute Gasteiger partial charge is 0.394 e. The van der Waals surface area contributed by atoms with Gasteiger partial charge in [0.25, 0.3) is 0 Å². The van der Waals surface area contributed by atoms with Gasteiger partial charge in [-0.25, -0.2) is 0 Å². The molecule has 12 unspecified atom stereocenters. The smallest absolute Gasteiger partial charge is 0.220 e. The summed E-state index contributed by atoms with van der Waals surface area (Å²) in [6.45, 7) is 2.60. The average molecular weight is 774 g/mol. The number of amides is 1. The quantitative estimate of drug-likeness (QED) is 0.0412. The molecular formula is C40H71NO13. The lowest BCUT2D eigenvalue weighted by molar-refractivity contribution is -0.359. The molecule has 2 saturated heterocycles. The molecule has 54 heavy (non-hydrogen) atoms. The maximum atomic E-state index is 13.0. The lowest BCUT2D eigenvalue weighted by atomic mass is 9.97. The van der Waals surface area contributed by atoms with Crippen molar-refractivity contribution in [3.05, 3.63) is 36.5 Å². The van der Waals surface area contributed by atoms with Crippen molar-refractivity contribution in [2.75, 3.05) is 19.8 Å². The van der Waals surface area contributed by atoms with Gasteiger partial charge in [0.1, 0.15) is 48.8 Å². The number of rotatable bonds is 28. The Morgan fingerprint density at radius 2 is 1.20 bits per heavy atom. The third-order valence-corrected chi connectivity index (χ3v) is 9.80. The van der Waals surface area contributed by atoms with Crippen molar-refractivity contribution in [2.45, 2.75) is 190 Å². The van der Waals surface area contributed by atoms with Gasteiger partial charge in [-0.2, -0.15) is 0 Å². The monoisotopic (exact) mass is 773 g/mol. The molecule has 2 fully saturated rings. The summed E-state index contributed by atoms with van der Waals surface area (Å²) < 4.78 is 22.5. The number of carbonyl (C=O) groups excluding carboxylic acids is 1. The Bertz CT molecular complexity index is 1060. The lowest BCUT2D eigenvalue weighted by Crippen LogP contribution is -2.65. The number of aliphatic hydroxyl groups is 8. The van der Waals surface area contributed by atoms with Crippen LogP contribution in [0.1, 0.15) is 117 Å². The molecule has 0 aromatic carbocycles. The molecule has 2 rings (SSSR count). The van der Waals surface area contributed by atoms with Crippen molar-refractivity contribution in [1.82, 2.24) is 5.32 Å². The highest BCUT2D eigenvalue weighted by Gasteiger charge is 2.50. The zero-order valence-corrected chi connectivity index (χ0v) is 32.4. The van der Waals surface area contributed by atoms with E-state index in [-0.39, 0.29) is 18.9 Å². The molecule has 14 nitrogen and oxygen atoms in total. The number of carbonyl (C=O) groups is 1. The van der Waals surface area contributed by atoms with E-state index in [9.17, 15) is 45.6 Å². The molecule has 0 bridgehead atoms. The van der Waals surface area contributed by atoms with E-state index >= 15 is 0 Å². The van der Waals surface area contributed by atoms with Crippen molar-refractivity contribution in [1.29, 1.82) is 0 Å². The van der Waals surface area contributed by atoms with Gasteiger partial charge in [0.15, 0.2) is 12.6 Å². The van der Waals surface area contributed by atoms with E-state index in [2.05, 4.69) is 43.5 Å². The first kappa shape index (κ1) is 48.4. The Balaban J connectivity index is 1.96. The fourth-order valence-electron chi connectivity index (χ4n) is 6.34. The highest BCUT2D eigenvalue weighted by Crippen LogP contribution is 2.29. The molecule has 0 saturated carbocycles. The van der Waals surface area contributed by atoms with E-state index in [0.717, 1.165) is 64.2 Å². The van der Waals surface area contributed by atoms with Crippen LogP contribution in [0.25, 0.3) is 0 Å². The van der Waals surface area contributed by atoms with Crippen molar-refractivity contribution in [3.8, 4) is 0 Å². The second kappa shape index (κ2) is 28.6. The molecule has 0 aromatic heterocycles. The molecule has 314 valence electrons. The molecular weight excluding hydrogens is 702 g/mol. The van der Waals surface area contributed by atoms with Gasteiger partial charge in [0.2, 0.25) is 5.91 Å². The number of hydrogen-bond donors (Lipinski definition) is 9. The first-order valence-corrected chi connectivity index (χ1v) is 20.2. The number of allylic oxidation sites excluding steroid dienone is 5. The number of aliphatic hydroxyl groups excluding tert-OH is 8. The van der Waals surface area contributed by atoms with Gasteiger partial charge >= 0.3 is 0 Å². The van der Waals surface area contributed by atoms with Crippen molar-refractivity contribution < 1.29 is 64.6 Å². The number of hydrogen-bond acceptors (Lipinski definition) is 13. The minimum absolute atomic E-state index is 0.262. The molecule has 9 N–H and O–H groups in total. The molecule has 2 aliphatic rings. The van der Waals surface area contributed by atoms with Gasteiger partial charge < -0.3 is 65.1 Å². The van der Waals surface area contributed by atoms with Crippen LogP contribution >= 0.6 is 0 Å². The predicted octanol–water partition coefficient (Wildman–Crippen LogP) is 2.42. The summed E-state index contributed by atoms with van der Waals surface area (Å²) in [6, 6.07) is -0.929. The van der Waals surface area contributed by atoms with Crippen LogP contribution in [-0.4, -0.2) is 140 Å². The van der Waals surface area contributed by atoms with E-state index in [1.807, 2.05) is 6.08 Å². The second-order valence-corrected chi connectivity index (χ2v) is 14.4. The minimum Gasteiger partial charge on any atom is -0.394 e. The fourth-order valence-corrected chi connectivity index (χ4v) is 6.34. The molecule has 0 aromatic rings. The van der Waals surface area contributed by atoms with Gasteiger partial charge in [-0.05, 0) is 51.4 Å². The summed E-state index contributed by atoms with van der Waals surface area (Å²) in [5.41, 5.74) is 0. The van der Waals surface area contributed by atoms with E-state index < -0.39 is 86.8 Å². The molecule has 2 aliphatic heterocycles. The van der Waals surface area contributed by atoms with Gasteiger partial charge in [0, 0.05) is 6.42 Å². The second-order valence-electron chi connectivity index (χ2n) is 14.4. The molecule has 0 spiro atoms. The lowest BCUT2D eigenvalue weighted by Gasteiger charge is -2.46. The van der Waals surface area contributed by atoms with E-state index in [0.29, 0.717) is 12.8 Å². The molecule has 1 amide bonds. The Morgan fingerprint density at radius 3 is 1.87 bits per heavy atom. The van der Waals surface area contributed by atoms with Crippen LogP contribution in [0.4, 0.5) is 0 Å². The Labute approximate surface area is 321 Å². The average Bonchev–Trinajstić information content (AvgIpc) is 3.17. The molecule has 12 atom stereocenters. The van der Waals surface area contributed by atoms with Crippen LogP contribution in [0, 0.1) is 0 Å². The van der Waals surface area contributed by atoms with Gasteiger partial charge in [-0.1, -0.05) is 95.2 Å². The minimum atomic E-state index is -1.79. The zero-order chi connectivity index (χ0) is 39.7. The first-order chi connectivity index (χ1) is 26.1. The summed E-state index contributed by atoms with van der Waals surface area (Å²) in [6.07, 6.45) is 10.9. The first-order valence-electron chi connectivity index (χ1n) is 20.2. The Morgan fingerprint density at radius 1 is 0.648 bits per heavy atom. The topological polar surface area (TPSA) is 228 Å². The van der Waals surface area contributed by atoms with Crippen LogP contribution < -0.4 is 5.32 Å². The third-order valence-electron chi connectivity index (χ3n) is 9.80. The van der Waals surface area contributed by atoms with Gasteiger partial charge in [0.05, 0.1) is 32.0 Å². The summed E-state index contributed by atoms with van der Waals surface area (Å²) in [4.78, 5) is 13.0. The molecule has 0 aliphatic carbocycles. The molecule has 2 heterocycles. The highest BCUT2D eigenvalue weighted by molar-refractivity contribution is 5.76. The van der Waals surface area contributed by atoms with E-state index in [1.54, 1.807) is 6.08 Å². The molecule has 0 radical (unpaired) electrons. The number of unbranched alkanes of at least 4 members (excludes halogenated alkanes) is 11. The highest BCUT2D eigenvalue weighted by atomic mass is 16.7. The van der Waals surface area contributed by atoms with Gasteiger partial charge in [-0.3, -0.25) is 4.79 Å². The predicted molar refractivity (Wildman–Crippen MR) is 203 cm³/mol. The standard InChI is InChI=1S/C40H71NO13/c1-3-5-7-9-11-13-14-15-16-18-20-22-24-32(45)41-28(29(44)23-21-19-17-12-10-8-6-4-2)27-51-39-37(50)35(48)38(31(26-43)53-39)54-40-36(49)34(47)33(46)30(25-42)52-40/h10-13,21,23,28-31,33-40,42-44,46-50H,3-9,14-20,22,24-27H2,1-2H3,(H,41,45)/b12-10+,13-11-,23-21+. The normalized spacial score (nSPS) is 30.4. The van der Waals surface area contributed by atoms with Crippen LogP contribution in [0.3, 0.4) is 0 Å². The summed E-state index contributed by atoms with van der Waals surface area (Å²) in [5, 5.41) is 85.9. The molecule has 14 heteroatoms. The summed E-state index contributed by atoms with van der Waals surface area (Å²) >= 11 is 0. The van der Waals surface area contributed by atoms with Crippen LogP contribution in [0.2, 0.25) is 0 Å². The third kappa shape index (κ3) is 17.6. The van der Waals surface area contributed by atoms with E-state index in [1.165, 1.54) is 19.3 Å². The van der Waals surface area contributed by atoms with Crippen molar-refractivity contribution in [2.24, 2.45) is 0 Å². The zero-order valence-electron chi connectivity index (χ0n) is 32.4. The maximum Gasteiger partial charge on any atom is 0.220 e. The van der Waals surface area contributed by atoms with Crippen molar-refractivity contribution in [3.63, 3.8) is 0 Å². The van der Waals surface area contributed by atoms with E-state index in [4.69, 9.17) is 18.9 Å². The summed E-state index contributed by atoms with van der Waals surface area (Å²) in [7, 11) is 0. The number of nitrogens with one attached hydrogen (secondary N) is 1. The maximum absolute atomic E-state index is 13.0. The number of ether oxygens (including phenoxy) is 4. The van der Waals surface area contributed by atoms with Gasteiger partial charge in [-0.15, -0.1) is 0 Å². The Hall–Kier alpha value is -1.79.